The standard InChI is InChI=1S/C25H28ClN3O4/c26-20-14-22-21(32-16-33-22)13-18(20)15-29-11-8-19(9-12-29)25(23(30)27-24(31)28-25)10-4-7-17-5-2-1-3-6-17/h1-3,5-6,13-14,19H,4,7-12,15-16H2,(H2,27,28,30,31). The van der Waals surface area contributed by atoms with E-state index in [4.69, 9.17) is 21.1 Å². The Balaban J connectivity index is 1.22. The number of nitrogens with zero attached hydrogens (tertiary/aromatic N) is 1. The van der Waals surface area contributed by atoms with Crippen LogP contribution in [0.5, 0.6) is 11.5 Å². The van der Waals surface area contributed by atoms with Crippen molar-refractivity contribution >= 4 is 23.5 Å². The van der Waals surface area contributed by atoms with Crippen molar-refractivity contribution < 1.29 is 19.1 Å². The number of ether oxygens (including phenoxy) is 2. The number of hydrogen-bond donors (Lipinski definition) is 2. The molecule has 174 valence electrons. The molecule has 3 heterocycles. The zero-order chi connectivity index (χ0) is 22.8. The van der Waals surface area contributed by atoms with Gasteiger partial charge in [-0.2, -0.15) is 0 Å². The summed E-state index contributed by atoms with van der Waals surface area (Å²) in [6, 6.07) is 13.6. The number of hydrogen-bond acceptors (Lipinski definition) is 5. The number of carbonyl (C=O) groups excluding carboxylic acids is 2. The van der Waals surface area contributed by atoms with Gasteiger partial charge in [0.25, 0.3) is 5.91 Å². The van der Waals surface area contributed by atoms with Gasteiger partial charge in [0.1, 0.15) is 5.54 Å². The molecule has 2 N–H and O–H groups in total. The maximum absolute atomic E-state index is 12.9. The molecule has 0 bridgehead atoms. The maximum Gasteiger partial charge on any atom is 0.322 e. The molecule has 0 saturated carbocycles. The zero-order valence-corrected chi connectivity index (χ0v) is 19.2. The van der Waals surface area contributed by atoms with E-state index in [1.54, 1.807) is 0 Å². The van der Waals surface area contributed by atoms with Gasteiger partial charge in [-0.1, -0.05) is 41.9 Å². The van der Waals surface area contributed by atoms with Crippen molar-refractivity contribution in [2.24, 2.45) is 5.92 Å². The third kappa shape index (κ3) is 4.52. The molecule has 1 unspecified atom stereocenters. The van der Waals surface area contributed by atoms with Gasteiger partial charge >= 0.3 is 6.03 Å². The fraction of sp³-hybridized carbons (Fsp3) is 0.440. The molecule has 1 atom stereocenters. The van der Waals surface area contributed by atoms with Gasteiger partial charge in [-0.15, -0.1) is 0 Å². The Bertz CT molecular complexity index is 1040. The van der Waals surface area contributed by atoms with Crippen LogP contribution in [0.4, 0.5) is 4.79 Å². The molecule has 0 aliphatic carbocycles. The van der Waals surface area contributed by atoms with Crippen LogP contribution >= 0.6 is 11.6 Å². The molecular weight excluding hydrogens is 442 g/mol. The highest BCUT2D eigenvalue weighted by atomic mass is 35.5. The Hall–Kier alpha value is -2.77. The van der Waals surface area contributed by atoms with E-state index < -0.39 is 5.54 Å². The molecule has 3 amide bonds. The number of fused-ring (bicyclic) bond motifs is 1. The highest BCUT2D eigenvalue weighted by Gasteiger charge is 2.51. The molecule has 7 nitrogen and oxygen atoms in total. The Morgan fingerprint density at radius 3 is 2.48 bits per heavy atom. The van der Waals surface area contributed by atoms with Crippen molar-refractivity contribution in [2.75, 3.05) is 19.9 Å². The number of nitrogens with one attached hydrogen (secondary N) is 2. The van der Waals surface area contributed by atoms with Crippen molar-refractivity contribution in [3.8, 4) is 11.5 Å². The summed E-state index contributed by atoms with van der Waals surface area (Å²) in [6.07, 6.45) is 4.03. The number of likely N-dealkylation sites (tertiary alicyclic amines) is 1. The highest BCUT2D eigenvalue weighted by Crippen LogP contribution is 2.39. The zero-order valence-electron chi connectivity index (χ0n) is 18.4. The predicted octanol–water partition coefficient (Wildman–Crippen LogP) is 3.88. The molecular formula is C25H28ClN3O4. The number of urea groups is 1. The number of carbonyl (C=O) groups is 2. The Morgan fingerprint density at radius 1 is 1.06 bits per heavy atom. The summed E-state index contributed by atoms with van der Waals surface area (Å²) in [5.74, 6) is 1.33. The van der Waals surface area contributed by atoms with Gasteiger partial charge in [-0.05, 0) is 68.3 Å². The molecule has 5 rings (SSSR count). The minimum Gasteiger partial charge on any atom is -0.454 e. The summed E-state index contributed by atoms with van der Waals surface area (Å²) in [4.78, 5) is 27.4. The minimum absolute atomic E-state index is 0.100. The van der Waals surface area contributed by atoms with Crippen LogP contribution in [0.2, 0.25) is 5.02 Å². The van der Waals surface area contributed by atoms with Crippen LogP contribution in [0.25, 0.3) is 0 Å². The van der Waals surface area contributed by atoms with E-state index in [0.717, 1.165) is 50.1 Å². The van der Waals surface area contributed by atoms with Gasteiger partial charge < -0.3 is 14.8 Å². The quantitative estimate of drug-likeness (QED) is 0.601. The smallest absolute Gasteiger partial charge is 0.322 e. The fourth-order valence-electron chi connectivity index (χ4n) is 5.29. The summed E-state index contributed by atoms with van der Waals surface area (Å²) in [5, 5.41) is 6.16. The minimum atomic E-state index is -0.825. The number of rotatable bonds is 7. The van der Waals surface area contributed by atoms with E-state index >= 15 is 0 Å². The Kier molecular flexibility index (Phi) is 6.17. The van der Waals surface area contributed by atoms with Crippen molar-refractivity contribution in [1.29, 1.82) is 0 Å². The first-order valence-electron chi connectivity index (χ1n) is 11.5. The second-order valence-electron chi connectivity index (χ2n) is 9.07. The van der Waals surface area contributed by atoms with E-state index in [0.29, 0.717) is 23.7 Å². The average molecular weight is 470 g/mol. The van der Waals surface area contributed by atoms with Crippen LogP contribution in [-0.4, -0.2) is 42.3 Å². The van der Waals surface area contributed by atoms with E-state index in [1.807, 2.05) is 30.3 Å². The molecule has 3 aliphatic heterocycles. The molecule has 2 saturated heterocycles. The van der Waals surface area contributed by atoms with Crippen molar-refractivity contribution in [3.05, 3.63) is 58.6 Å². The SMILES string of the molecule is O=C1NC(=O)C(CCCc2ccccc2)(C2CCN(Cc3cc4c(cc3Cl)OCO4)CC2)N1. The summed E-state index contributed by atoms with van der Waals surface area (Å²) < 4.78 is 10.9. The molecule has 2 aromatic rings. The van der Waals surface area contributed by atoms with Crippen LogP contribution in [-0.2, 0) is 17.8 Å². The summed E-state index contributed by atoms with van der Waals surface area (Å²) >= 11 is 6.46. The lowest BCUT2D eigenvalue weighted by molar-refractivity contribution is -0.127. The first-order chi connectivity index (χ1) is 16.0. The molecule has 33 heavy (non-hydrogen) atoms. The monoisotopic (exact) mass is 469 g/mol. The van der Waals surface area contributed by atoms with Crippen LogP contribution < -0.4 is 20.1 Å². The summed E-state index contributed by atoms with van der Waals surface area (Å²) in [7, 11) is 0. The van der Waals surface area contributed by atoms with E-state index in [1.165, 1.54) is 5.56 Å². The first-order valence-corrected chi connectivity index (χ1v) is 11.9. The average Bonchev–Trinajstić information content (AvgIpc) is 3.38. The number of amides is 3. The third-order valence-electron chi connectivity index (χ3n) is 7.07. The van der Waals surface area contributed by atoms with Crippen LogP contribution in [0, 0.1) is 5.92 Å². The van der Waals surface area contributed by atoms with E-state index in [2.05, 4.69) is 27.7 Å². The van der Waals surface area contributed by atoms with Crippen LogP contribution in [0.1, 0.15) is 36.8 Å². The Labute approximate surface area is 198 Å². The lowest BCUT2D eigenvalue weighted by Gasteiger charge is -2.41. The van der Waals surface area contributed by atoms with Crippen molar-refractivity contribution in [3.63, 3.8) is 0 Å². The largest absolute Gasteiger partial charge is 0.454 e. The number of benzene rings is 2. The van der Waals surface area contributed by atoms with Gasteiger partial charge in [0.15, 0.2) is 11.5 Å². The molecule has 2 fully saturated rings. The van der Waals surface area contributed by atoms with Crippen LogP contribution in [0.3, 0.4) is 0 Å². The second-order valence-corrected chi connectivity index (χ2v) is 9.47. The lowest BCUT2D eigenvalue weighted by Crippen LogP contribution is -2.56. The Morgan fingerprint density at radius 2 is 1.79 bits per heavy atom. The molecule has 8 heteroatoms. The van der Waals surface area contributed by atoms with E-state index in [9.17, 15) is 9.59 Å². The van der Waals surface area contributed by atoms with Gasteiger partial charge in [-0.25, -0.2) is 4.79 Å². The van der Waals surface area contributed by atoms with E-state index in [-0.39, 0.29) is 24.6 Å². The van der Waals surface area contributed by atoms with Crippen molar-refractivity contribution in [2.45, 2.75) is 44.2 Å². The molecule has 0 spiro atoms. The summed E-state index contributed by atoms with van der Waals surface area (Å²) in [5.41, 5.74) is 1.42. The number of aryl methyl sites for hydroxylation is 1. The molecule has 0 radical (unpaired) electrons. The lowest BCUT2D eigenvalue weighted by atomic mass is 9.74. The fourth-order valence-corrected chi connectivity index (χ4v) is 5.51. The van der Waals surface area contributed by atoms with Crippen molar-refractivity contribution in [1.82, 2.24) is 15.5 Å². The van der Waals surface area contributed by atoms with Crippen LogP contribution in [0.15, 0.2) is 42.5 Å². The predicted molar refractivity (Wildman–Crippen MR) is 124 cm³/mol. The van der Waals surface area contributed by atoms with Gasteiger partial charge in [0.05, 0.1) is 0 Å². The number of halogens is 1. The second kappa shape index (κ2) is 9.23. The number of piperidine rings is 1. The number of imide groups is 1. The maximum atomic E-state index is 12.9. The molecule has 2 aromatic carbocycles. The topological polar surface area (TPSA) is 79.9 Å². The van der Waals surface area contributed by atoms with Gasteiger partial charge in [0.2, 0.25) is 6.79 Å². The first kappa shape index (κ1) is 22.0. The van der Waals surface area contributed by atoms with Gasteiger partial charge in [-0.3, -0.25) is 15.0 Å². The van der Waals surface area contributed by atoms with Gasteiger partial charge in [0, 0.05) is 17.6 Å². The normalized spacial score (nSPS) is 22.9. The summed E-state index contributed by atoms with van der Waals surface area (Å²) in [6.45, 7) is 2.60. The molecule has 0 aromatic heterocycles. The highest BCUT2D eigenvalue weighted by molar-refractivity contribution is 6.31. The molecule has 3 aliphatic rings. The third-order valence-corrected chi connectivity index (χ3v) is 7.42.